The van der Waals surface area contributed by atoms with E-state index in [1.54, 1.807) is 5.54 Å². The molecule has 1 saturated heterocycles. The molecule has 0 bridgehead atoms. The molecule has 0 aromatic carbocycles. The lowest BCUT2D eigenvalue weighted by molar-refractivity contribution is 0.0476. The summed E-state index contributed by atoms with van der Waals surface area (Å²) in [5.41, 5.74) is 2.68. The maximum absolute atomic E-state index is 5.64. The summed E-state index contributed by atoms with van der Waals surface area (Å²) in [7, 11) is 0. The highest BCUT2D eigenvalue weighted by Crippen LogP contribution is 2.08. The molecule has 0 aromatic rings. The lowest BCUT2D eigenvalue weighted by Gasteiger charge is -2.22. The van der Waals surface area contributed by atoms with Gasteiger partial charge in [-0.1, -0.05) is 11.6 Å². The van der Waals surface area contributed by atoms with Crippen LogP contribution in [0.25, 0.3) is 0 Å². The average Bonchev–Trinajstić information content (AvgIpc) is 2.16. The van der Waals surface area contributed by atoms with Gasteiger partial charge in [-0.3, -0.25) is 0 Å². The van der Waals surface area contributed by atoms with Crippen molar-refractivity contribution in [2.75, 3.05) is 19.7 Å². The zero-order valence-electron chi connectivity index (χ0n) is 7.48. The molecule has 0 amide bonds. The maximum Gasteiger partial charge on any atom is 0.0689 e. The summed E-state index contributed by atoms with van der Waals surface area (Å²) in [6.45, 7) is 4.81. The topological polar surface area (TPSA) is 21.3 Å². The van der Waals surface area contributed by atoms with Crippen LogP contribution in [0, 0.1) is 0 Å². The predicted octanol–water partition coefficient (Wildman–Crippen LogP) is 1.90. The number of hydrogen-bond acceptors (Lipinski definition) is 2. The third kappa shape index (κ3) is 3.57. The molecular weight excluding hydrogens is 174 g/mol. The van der Waals surface area contributed by atoms with Gasteiger partial charge in [0.1, 0.15) is 0 Å². The van der Waals surface area contributed by atoms with E-state index in [0.29, 0.717) is 12.7 Å². The van der Waals surface area contributed by atoms with Gasteiger partial charge >= 0.3 is 0 Å². The van der Waals surface area contributed by atoms with Crippen LogP contribution in [0.5, 0.6) is 0 Å². The molecule has 0 spiro atoms. The zero-order valence-corrected chi connectivity index (χ0v) is 8.23. The van der Waals surface area contributed by atoms with Crippen molar-refractivity contribution in [3.05, 3.63) is 11.1 Å². The Balaban J connectivity index is 2.13. The molecule has 70 valence electrons. The van der Waals surface area contributed by atoms with E-state index in [1.165, 1.54) is 0 Å². The fraction of sp³-hybridized carbons (Fsp3) is 0.778. The number of hydrogen-bond donors (Lipinski definition) is 1. The molecule has 0 radical (unpaired) electrons. The summed E-state index contributed by atoms with van der Waals surface area (Å²) in [5, 5.41) is 3.30. The van der Waals surface area contributed by atoms with E-state index in [9.17, 15) is 0 Å². The zero-order chi connectivity index (χ0) is 8.81. The minimum Gasteiger partial charge on any atom is -0.374 e. The minimum atomic E-state index is 0.429. The number of rotatable bonds is 3. The molecular formula is C9H16ClNO. The first kappa shape index (κ1) is 10.0. The molecule has 0 saturated carbocycles. The number of piperidine rings is 1. The quantitative estimate of drug-likeness (QED) is 0.733. The van der Waals surface area contributed by atoms with Crippen LogP contribution in [0.2, 0.25) is 0 Å². The van der Waals surface area contributed by atoms with Crippen molar-refractivity contribution in [1.82, 2.24) is 5.32 Å². The van der Waals surface area contributed by atoms with Gasteiger partial charge in [0.25, 0.3) is 0 Å². The molecule has 12 heavy (non-hydrogen) atoms. The fourth-order valence-corrected chi connectivity index (χ4v) is 1.31. The van der Waals surface area contributed by atoms with E-state index in [2.05, 4.69) is 5.32 Å². The lowest BCUT2D eigenvalue weighted by atomic mass is 10.1. The van der Waals surface area contributed by atoms with E-state index in [4.69, 9.17) is 16.3 Å². The van der Waals surface area contributed by atoms with Crippen molar-refractivity contribution < 1.29 is 4.74 Å². The standard InChI is InChI=1S/C9H16ClNO/c1-8(6-10)7-12-9-2-4-11-5-3-9/h6,9,11H,2-5,7H2,1H3/b8-6+. The molecule has 1 heterocycles. The molecule has 1 aliphatic heterocycles. The van der Waals surface area contributed by atoms with Gasteiger partial charge in [0, 0.05) is 5.54 Å². The van der Waals surface area contributed by atoms with Gasteiger partial charge in [0.15, 0.2) is 0 Å². The van der Waals surface area contributed by atoms with E-state index in [-0.39, 0.29) is 0 Å². The summed E-state index contributed by atoms with van der Waals surface area (Å²) in [6.07, 6.45) is 2.67. The Bertz CT molecular complexity index is 153. The molecule has 1 aliphatic rings. The second-order valence-electron chi connectivity index (χ2n) is 3.22. The van der Waals surface area contributed by atoms with Crippen molar-refractivity contribution >= 4 is 11.6 Å². The highest BCUT2D eigenvalue weighted by Gasteiger charge is 2.12. The molecule has 0 aromatic heterocycles. The summed E-state index contributed by atoms with van der Waals surface area (Å²) in [6, 6.07) is 0. The van der Waals surface area contributed by atoms with E-state index in [1.807, 2.05) is 6.92 Å². The first-order chi connectivity index (χ1) is 5.83. The Hall–Kier alpha value is -0.0500. The van der Waals surface area contributed by atoms with Crippen LogP contribution in [0.3, 0.4) is 0 Å². The Morgan fingerprint density at radius 2 is 2.25 bits per heavy atom. The second-order valence-corrected chi connectivity index (χ2v) is 3.43. The highest BCUT2D eigenvalue weighted by atomic mass is 35.5. The van der Waals surface area contributed by atoms with E-state index < -0.39 is 0 Å². The predicted molar refractivity (Wildman–Crippen MR) is 51.5 cm³/mol. The first-order valence-electron chi connectivity index (χ1n) is 4.41. The van der Waals surface area contributed by atoms with Crippen molar-refractivity contribution in [3.63, 3.8) is 0 Å². The summed E-state index contributed by atoms with van der Waals surface area (Å²) in [5.74, 6) is 0. The summed E-state index contributed by atoms with van der Waals surface area (Å²) in [4.78, 5) is 0. The average molecular weight is 190 g/mol. The number of nitrogens with one attached hydrogen (secondary N) is 1. The third-order valence-corrected chi connectivity index (χ3v) is 2.39. The number of halogens is 1. The van der Waals surface area contributed by atoms with Crippen LogP contribution in [0.4, 0.5) is 0 Å². The normalized spacial score (nSPS) is 21.3. The second kappa shape index (κ2) is 5.57. The monoisotopic (exact) mass is 189 g/mol. The van der Waals surface area contributed by atoms with Gasteiger partial charge in [-0.05, 0) is 38.4 Å². The van der Waals surface area contributed by atoms with Crippen LogP contribution in [0.1, 0.15) is 19.8 Å². The number of ether oxygens (including phenoxy) is 1. The molecule has 1 fully saturated rings. The van der Waals surface area contributed by atoms with Gasteiger partial charge in [0.05, 0.1) is 12.7 Å². The van der Waals surface area contributed by atoms with Crippen LogP contribution in [-0.2, 0) is 4.74 Å². The maximum atomic E-state index is 5.64. The van der Waals surface area contributed by atoms with Crippen LogP contribution < -0.4 is 5.32 Å². The molecule has 1 rings (SSSR count). The largest absolute Gasteiger partial charge is 0.374 e. The SMILES string of the molecule is C/C(=C\Cl)COC1CCNCC1. The molecule has 0 atom stereocenters. The van der Waals surface area contributed by atoms with Crippen LogP contribution in [0.15, 0.2) is 11.1 Å². The molecule has 0 aliphatic carbocycles. The fourth-order valence-electron chi connectivity index (χ4n) is 1.24. The molecule has 0 unspecified atom stereocenters. The smallest absolute Gasteiger partial charge is 0.0689 e. The van der Waals surface area contributed by atoms with Crippen molar-refractivity contribution in [2.24, 2.45) is 0 Å². The molecule has 3 heteroatoms. The Labute approximate surface area is 78.9 Å². The first-order valence-corrected chi connectivity index (χ1v) is 4.84. The van der Waals surface area contributed by atoms with Gasteiger partial charge in [-0.25, -0.2) is 0 Å². The molecule has 1 N–H and O–H groups in total. The van der Waals surface area contributed by atoms with E-state index in [0.717, 1.165) is 31.5 Å². The Morgan fingerprint density at radius 3 is 2.83 bits per heavy atom. The van der Waals surface area contributed by atoms with Crippen molar-refractivity contribution in [3.8, 4) is 0 Å². The minimum absolute atomic E-state index is 0.429. The summed E-state index contributed by atoms with van der Waals surface area (Å²) >= 11 is 5.52. The van der Waals surface area contributed by atoms with Crippen molar-refractivity contribution in [2.45, 2.75) is 25.9 Å². The molecule has 2 nitrogen and oxygen atoms in total. The van der Waals surface area contributed by atoms with Gasteiger partial charge in [0.2, 0.25) is 0 Å². The van der Waals surface area contributed by atoms with Gasteiger partial charge in [-0.2, -0.15) is 0 Å². The highest BCUT2D eigenvalue weighted by molar-refractivity contribution is 6.25. The lowest BCUT2D eigenvalue weighted by Crippen LogP contribution is -2.32. The van der Waals surface area contributed by atoms with Gasteiger partial charge < -0.3 is 10.1 Å². The Morgan fingerprint density at radius 1 is 1.58 bits per heavy atom. The van der Waals surface area contributed by atoms with Gasteiger partial charge in [-0.15, -0.1) is 0 Å². The van der Waals surface area contributed by atoms with Crippen molar-refractivity contribution in [1.29, 1.82) is 0 Å². The van der Waals surface area contributed by atoms with Crippen LogP contribution in [-0.4, -0.2) is 25.8 Å². The van der Waals surface area contributed by atoms with E-state index >= 15 is 0 Å². The summed E-state index contributed by atoms with van der Waals surface area (Å²) < 4.78 is 5.64. The third-order valence-electron chi connectivity index (χ3n) is 2.02. The van der Waals surface area contributed by atoms with Crippen LogP contribution >= 0.6 is 11.6 Å². The Kier molecular flexibility index (Phi) is 4.66.